The van der Waals surface area contributed by atoms with Gasteiger partial charge in [-0.3, -0.25) is 4.79 Å². The molecule has 1 unspecified atom stereocenters. The van der Waals surface area contributed by atoms with Crippen molar-refractivity contribution in [2.24, 2.45) is 5.73 Å². The van der Waals surface area contributed by atoms with Crippen LogP contribution in [0, 0.1) is 0 Å². The molecule has 0 saturated carbocycles. The molecule has 0 spiro atoms. The van der Waals surface area contributed by atoms with E-state index in [1.165, 1.54) is 0 Å². The standard InChI is InChI=1S/C11H24N2O3/c1-3-4-7-16-9-6-13-11(14)10(12)5-8-15-2/h10H,3-9,12H2,1-2H3,(H,13,14). The van der Waals surface area contributed by atoms with Crippen LogP contribution in [0.4, 0.5) is 0 Å². The van der Waals surface area contributed by atoms with Gasteiger partial charge in [0.2, 0.25) is 5.91 Å². The maximum atomic E-state index is 11.4. The fraction of sp³-hybridized carbons (Fsp3) is 0.909. The van der Waals surface area contributed by atoms with Crippen LogP contribution in [0.25, 0.3) is 0 Å². The third-order valence-electron chi connectivity index (χ3n) is 2.16. The van der Waals surface area contributed by atoms with Gasteiger partial charge in [0.15, 0.2) is 0 Å². The van der Waals surface area contributed by atoms with Crippen LogP contribution >= 0.6 is 0 Å². The topological polar surface area (TPSA) is 73.6 Å². The predicted molar refractivity (Wildman–Crippen MR) is 63.2 cm³/mol. The first-order valence-corrected chi connectivity index (χ1v) is 5.82. The average Bonchev–Trinajstić information content (AvgIpc) is 2.30. The number of carbonyl (C=O) groups is 1. The van der Waals surface area contributed by atoms with Crippen LogP contribution in [-0.4, -0.2) is 45.4 Å². The largest absolute Gasteiger partial charge is 0.385 e. The van der Waals surface area contributed by atoms with E-state index in [9.17, 15) is 4.79 Å². The van der Waals surface area contributed by atoms with Gasteiger partial charge in [0.1, 0.15) is 0 Å². The van der Waals surface area contributed by atoms with E-state index >= 15 is 0 Å². The molecule has 0 heterocycles. The molecule has 3 N–H and O–H groups in total. The number of hydrogen-bond acceptors (Lipinski definition) is 4. The van der Waals surface area contributed by atoms with Crippen molar-refractivity contribution in [3.63, 3.8) is 0 Å². The number of rotatable bonds is 10. The van der Waals surface area contributed by atoms with E-state index in [1.54, 1.807) is 7.11 Å². The summed E-state index contributed by atoms with van der Waals surface area (Å²) in [5, 5.41) is 2.72. The van der Waals surface area contributed by atoms with Crippen molar-refractivity contribution < 1.29 is 14.3 Å². The zero-order valence-electron chi connectivity index (χ0n) is 10.3. The van der Waals surface area contributed by atoms with Crippen LogP contribution in [0.3, 0.4) is 0 Å². The first-order valence-electron chi connectivity index (χ1n) is 5.82. The highest BCUT2D eigenvalue weighted by atomic mass is 16.5. The average molecular weight is 232 g/mol. The monoisotopic (exact) mass is 232 g/mol. The SMILES string of the molecule is CCCCOCCNC(=O)C(N)CCOC. The van der Waals surface area contributed by atoms with E-state index in [-0.39, 0.29) is 5.91 Å². The molecule has 5 nitrogen and oxygen atoms in total. The second-order valence-corrected chi connectivity index (χ2v) is 3.64. The summed E-state index contributed by atoms with van der Waals surface area (Å²) in [7, 11) is 1.59. The summed E-state index contributed by atoms with van der Waals surface area (Å²) in [6, 6.07) is -0.490. The minimum Gasteiger partial charge on any atom is -0.385 e. The van der Waals surface area contributed by atoms with Crippen molar-refractivity contribution in [3.8, 4) is 0 Å². The lowest BCUT2D eigenvalue weighted by Crippen LogP contribution is -2.42. The van der Waals surface area contributed by atoms with E-state index < -0.39 is 6.04 Å². The van der Waals surface area contributed by atoms with Gasteiger partial charge in [-0.05, 0) is 12.8 Å². The van der Waals surface area contributed by atoms with Gasteiger partial charge in [0.05, 0.1) is 12.6 Å². The van der Waals surface area contributed by atoms with Gasteiger partial charge in [-0.1, -0.05) is 13.3 Å². The third kappa shape index (κ3) is 8.64. The fourth-order valence-corrected chi connectivity index (χ4v) is 1.10. The van der Waals surface area contributed by atoms with Gasteiger partial charge in [-0.2, -0.15) is 0 Å². The maximum absolute atomic E-state index is 11.4. The molecule has 0 aliphatic rings. The first kappa shape index (κ1) is 15.3. The first-order chi connectivity index (χ1) is 7.72. The molecule has 0 aromatic carbocycles. The molecule has 1 atom stereocenters. The minimum atomic E-state index is -0.490. The van der Waals surface area contributed by atoms with Crippen LogP contribution in [0.1, 0.15) is 26.2 Å². The predicted octanol–water partition coefficient (Wildman–Crippen LogP) is 0.283. The minimum absolute atomic E-state index is 0.142. The summed E-state index contributed by atoms with van der Waals surface area (Å²) in [5.41, 5.74) is 5.63. The summed E-state index contributed by atoms with van der Waals surface area (Å²) in [5.74, 6) is -0.142. The van der Waals surface area contributed by atoms with Gasteiger partial charge in [0.25, 0.3) is 0 Å². The molecule has 0 radical (unpaired) electrons. The summed E-state index contributed by atoms with van der Waals surface area (Å²) in [6.45, 7) is 4.43. The molecule has 0 aromatic heterocycles. The van der Waals surface area contributed by atoms with Gasteiger partial charge >= 0.3 is 0 Å². The summed E-state index contributed by atoms with van der Waals surface area (Å²) >= 11 is 0. The number of carbonyl (C=O) groups excluding carboxylic acids is 1. The fourth-order valence-electron chi connectivity index (χ4n) is 1.10. The van der Waals surface area contributed by atoms with Crippen LogP contribution in [0.15, 0.2) is 0 Å². The smallest absolute Gasteiger partial charge is 0.237 e. The molecule has 0 aromatic rings. The molecule has 1 amide bonds. The highest BCUT2D eigenvalue weighted by molar-refractivity contribution is 5.81. The van der Waals surface area contributed by atoms with Gasteiger partial charge in [0, 0.05) is 26.9 Å². The number of ether oxygens (including phenoxy) is 2. The zero-order valence-corrected chi connectivity index (χ0v) is 10.3. The highest BCUT2D eigenvalue weighted by Gasteiger charge is 2.11. The van der Waals surface area contributed by atoms with Crippen LogP contribution in [0.5, 0.6) is 0 Å². The lowest BCUT2D eigenvalue weighted by atomic mass is 10.2. The van der Waals surface area contributed by atoms with E-state index in [0.29, 0.717) is 26.2 Å². The molecule has 5 heteroatoms. The zero-order chi connectivity index (χ0) is 12.2. The Hall–Kier alpha value is -0.650. The molecule has 0 fully saturated rings. The Morgan fingerprint density at radius 1 is 1.38 bits per heavy atom. The molecule has 16 heavy (non-hydrogen) atoms. The molecule has 0 bridgehead atoms. The second kappa shape index (κ2) is 10.9. The molecule has 0 rings (SSSR count). The number of unbranched alkanes of at least 4 members (excludes halogenated alkanes) is 1. The number of nitrogens with two attached hydrogens (primary N) is 1. The lowest BCUT2D eigenvalue weighted by Gasteiger charge is -2.11. The van der Waals surface area contributed by atoms with E-state index in [1.807, 2.05) is 0 Å². The van der Waals surface area contributed by atoms with E-state index in [2.05, 4.69) is 12.2 Å². The lowest BCUT2D eigenvalue weighted by molar-refractivity contribution is -0.123. The van der Waals surface area contributed by atoms with E-state index in [4.69, 9.17) is 15.2 Å². The molecular formula is C11H24N2O3. The van der Waals surface area contributed by atoms with Crippen molar-refractivity contribution >= 4 is 5.91 Å². The summed E-state index contributed by atoms with van der Waals surface area (Å²) < 4.78 is 10.2. The Bertz CT molecular complexity index is 177. The van der Waals surface area contributed by atoms with Gasteiger partial charge in [-0.15, -0.1) is 0 Å². The highest BCUT2D eigenvalue weighted by Crippen LogP contribution is 1.89. The normalized spacial score (nSPS) is 12.4. The number of nitrogens with one attached hydrogen (secondary N) is 1. The number of methoxy groups -OCH3 is 1. The molecule has 96 valence electrons. The number of hydrogen-bond donors (Lipinski definition) is 2. The molecule has 0 saturated heterocycles. The van der Waals surface area contributed by atoms with Crippen molar-refractivity contribution in [3.05, 3.63) is 0 Å². The quantitative estimate of drug-likeness (QED) is 0.531. The van der Waals surface area contributed by atoms with Gasteiger partial charge in [-0.25, -0.2) is 0 Å². The second-order valence-electron chi connectivity index (χ2n) is 3.64. The van der Waals surface area contributed by atoms with Crippen LogP contribution in [-0.2, 0) is 14.3 Å². The van der Waals surface area contributed by atoms with Gasteiger partial charge < -0.3 is 20.5 Å². The Balaban J connectivity index is 3.35. The number of amides is 1. The van der Waals surface area contributed by atoms with Crippen molar-refractivity contribution in [2.75, 3.05) is 33.5 Å². The Labute approximate surface area is 97.7 Å². The molecule has 0 aliphatic heterocycles. The molecule has 0 aliphatic carbocycles. The molecular weight excluding hydrogens is 208 g/mol. The summed E-state index contributed by atoms with van der Waals surface area (Å²) in [4.78, 5) is 11.4. The Morgan fingerprint density at radius 3 is 2.75 bits per heavy atom. The van der Waals surface area contributed by atoms with Crippen molar-refractivity contribution in [1.29, 1.82) is 0 Å². The Kier molecular flexibility index (Phi) is 10.4. The summed E-state index contributed by atoms with van der Waals surface area (Å²) in [6.07, 6.45) is 2.72. The van der Waals surface area contributed by atoms with Crippen molar-refractivity contribution in [1.82, 2.24) is 5.32 Å². The van der Waals surface area contributed by atoms with E-state index in [0.717, 1.165) is 19.4 Å². The maximum Gasteiger partial charge on any atom is 0.237 e. The third-order valence-corrected chi connectivity index (χ3v) is 2.16. The van der Waals surface area contributed by atoms with Crippen LogP contribution in [0.2, 0.25) is 0 Å². The Morgan fingerprint density at radius 2 is 2.12 bits per heavy atom. The van der Waals surface area contributed by atoms with Crippen molar-refractivity contribution in [2.45, 2.75) is 32.2 Å². The van der Waals surface area contributed by atoms with Crippen LogP contribution < -0.4 is 11.1 Å².